The van der Waals surface area contributed by atoms with Crippen molar-refractivity contribution >= 4 is 28.4 Å². The second kappa shape index (κ2) is 8.68. The molecule has 4 rings (SSSR count). The first kappa shape index (κ1) is 20.1. The van der Waals surface area contributed by atoms with Gasteiger partial charge in [-0.3, -0.25) is 4.79 Å². The molecule has 0 fully saturated rings. The number of hydrogen-bond donors (Lipinski definition) is 1. The van der Waals surface area contributed by atoms with Crippen molar-refractivity contribution in [1.29, 1.82) is 0 Å². The summed E-state index contributed by atoms with van der Waals surface area (Å²) in [6.45, 7) is 4.54. The molecule has 0 aliphatic heterocycles. The van der Waals surface area contributed by atoms with Crippen LogP contribution in [0.25, 0.3) is 22.2 Å². The normalized spacial score (nSPS) is 10.9. The largest absolute Gasteiger partial charge is 0.348 e. The Morgan fingerprint density at radius 3 is 2.40 bits per heavy atom. The number of amides is 1. The Labute approximate surface area is 181 Å². The minimum absolute atomic E-state index is 0.126. The highest BCUT2D eigenvalue weighted by atomic mass is 35.5. The summed E-state index contributed by atoms with van der Waals surface area (Å²) < 4.78 is 0. The van der Waals surface area contributed by atoms with Crippen LogP contribution < -0.4 is 5.32 Å². The van der Waals surface area contributed by atoms with E-state index in [4.69, 9.17) is 16.6 Å². The number of carbonyl (C=O) groups is 1. The molecule has 1 N–H and O–H groups in total. The zero-order chi connectivity index (χ0) is 21.1. The molecule has 0 radical (unpaired) electrons. The van der Waals surface area contributed by atoms with Crippen LogP contribution in [0.4, 0.5) is 0 Å². The second-order valence-electron chi connectivity index (χ2n) is 7.34. The lowest BCUT2D eigenvalue weighted by atomic mass is 10.0. The summed E-state index contributed by atoms with van der Waals surface area (Å²) >= 11 is 6.36. The third-order valence-electron chi connectivity index (χ3n) is 5.37. The van der Waals surface area contributed by atoms with Crippen LogP contribution in [-0.4, -0.2) is 10.9 Å². The Bertz CT molecular complexity index is 1200. The molecule has 4 aromatic rings. The van der Waals surface area contributed by atoms with E-state index in [0.29, 0.717) is 17.1 Å². The number of aromatic nitrogens is 1. The molecule has 0 atom stereocenters. The number of pyridine rings is 1. The van der Waals surface area contributed by atoms with Gasteiger partial charge in [0.15, 0.2) is 0 Å². The van der Waals surface area contributed by atoms with Crippen molar-refractivity contribution in [3.05, 3.63) is 100 Å². The average Bonchev–Trinajstić information content (AvgIpc) is 2.80. The van der Waals surface area contributed by atoms with Crippen LogP contribution in [0.3, 0.4) is 0 Å². The fourth-order valence-corrected chi connectivity index (χ4v) is 3.68. The highest BCUT2D eigenvalue weighted by Gasteiger charge is 2.16. The van der Waals surface area contributed by atoms with Crippen LogP contribution in [0.15, 0.2) is 72.8 Å². The van der Waals surface area contributed by atoms with Gasteiger partial charge in [0.1, 0.15) is 0 Å². The third-order valence-corrected chi connectivity index (χ3v) is 5.78. The van der Waals surface area contributed by atoms with Gasteiger partial charge in [-0.1, -0.05) is 79.2 Å². The standard InChI is InChI=1S/C26H23ClN2O/c1-3-18-9-11-20(12-10-18)24-15-22(21-13-14-23(27)17(2)25(21)29-24)26(30)28-16-19-7-5-4-6-8-19/h4-15H,3,16H2,1-2H3,(H,28,30). The SMILES string of the molecule is CCc1ccc(-c2cc(C(=O)NCc3ccccc3)c3ccc(Cl)c(C)c3n2)cc1. The number of nitrogens with zero attached hydrogens (tertiary/aromatic N) is 1. The van der Waals surface area contributed by atoms with Gasteiger partial charge < -0.3 is 5.32 Å². The number of nitrogens with one attached hydrogen (secondary N) is 1. The molecule has 30 heavy (non-hydrogen) atoms. The highest BCUT2D eigenvalue weighted by Crippen LogP contribution is 2.30. The van der Waals surface area contributed by atoms with E-state index in [1.54, 1.807) is 0 Å². The molecule has 0 unspecified atom stereocenters. The first-order valence-corrected chi connectivity index (χ1v) is 10.5. The van der Waals surface area contributed by atoms with Gasteiger partial charge in [-0.05, 0) is 42.2 Å². The molecule has 1 aromatic heterocycles. The van der Waals surface area contributed by atoms with E-state index in [0.717, 1.165) is 39.7 Å². The van der Waals surface area contributed by atoms with Crippen molar-refractivity contribution < 1.29 is 4.79 Å². The summed E-state index contributed by atoms with van der Waals surface area (Å²) in [5.74, 6) is -0.126. The fourth-order valence-electron chi connectivity index (χ4n) is 3.52. The van der Waals surface area contributed by atoms with E-state index in [1.165, 1.54) is 5.56 Å². The molecule has 150 valence electrons. The summed E-state index contributed by atoms with van der Waals surface area (Å²) in [7, 11) is 0. The van der Waals surface area contributed by atoms with Crippen LogP contribution in [0.2, 0.25) is 5.02 Å². The predicted octanol–water partition coefficient (Wildman–Crippen LogP) is 6.36. The molecule has 0 spiro atoms. The molecule has 3 nitrogen and oxygen atoms in total. The molecular weight excluding hydrogens is 392 g/mol. The van der Waals surface area contributed by atoms with Gasteiger partial charge in [-0.25, -0.2) is 4.98 Å². The predicted molar refractivity (Wildman–Crippen MR) is 124 cm³/mol. The quantitative estimate of drug-likeness (QED) is 0.413. The number of benzene rings is 3. The molecule has 1 heterocycles. The summed E-state index contributed by atoms with van der Waals surface area (Å²) in [5, 5.41) is 4.48. The molecule has 0 aliphatic carbocycles. The van der Waals surface area contributed by atoms with Gasteiger partial charge in [0.05, 0.1) is 16.8 Å². The molecular formula is C26H23ClN2O. The Hall–Kier alpha value is -3.17. The number of carbonyl (C=O) groups excluding carboxylic acids is 1. The molecule has 3 aromatic carbocycles. The molecule has 0 saturated carbocycles. The van der Waals surface area contributed by atoms with Crippen molar-refractivity contribution in [2.75, 3.05) is 0 Å². The Balaban J connectivity index is 1.78. The van der Waals surface area contributed by atoms with Crippen molar-refractivity contribution in [3.63, 3.8) is 0 Å². The van der Waals surface area contributed by atoms with Gasteiger partial charge in [0.2, 0.25) is 0 Å². The van der Waals surface area contributed by atoms with E-state index >= 15 is 0 Å². The number of halogens is 1. The first-order valence-electron chi connectivity index (χ1n) is 10.1. The lowest BCUT2D eigenvalue weighted by Gasteiger charge is -2.13. The summed E-state index contributed by atoms with van der Waals surface area (Å²) in [6, 6.07) is 23.8. The molecule has 4 heteroatoms. The summed E-state index contributed by atoms with van der Waals surface area (Å²) in [6.07, 6.45) is 0.979. The topological polar surface area (TPSA) is 42.0 Å². The third kappa shape index (κ3) is 4.07. The Morgan fingerprint density at radius 1 is 0.967 bits per heavy atom. The Morgan fingerprint density at radius 2 is 1.70 bits per heavy atom. The van der Waals surface area contributed by atoms with Crippen LogP contribution in [-0.2, 0) is 13.0 Å². The van der Waals surface area contributed by atoms with Gasteiger partial charge in [0, 0.05) is 22.5 Å². The van der Waals surface area contributed by atoms with E-state index in [-0.39, 0.29) is 5.91 Å². The van der Waals surface area contributed by atoms with Gasteiger partial charge >= 0.3 is 0 Å². The number of aryl methyl sites for hydroxylation is 2. The summed E-state index contributed by atoms with van der Waals surface area (Å²) in [5.41, 5.74) is 6.29. The van der Waals surface area contributed by atoms with E-state index in [9.17, 15) is 4.79 Å². The molecule has 1 amide bonds. The van der Waals surface area contributed by atoms with Crippen LogP contribution in [0, 0.1) is 6.92 Å². The smallest absolute Gasteiger partial charge is 0.252 e. The average molecular weight is 415 g/mol. The van der Waals surface area contributed by atoms with Gasteiger partial charge in [0.25, 0.3) is 5.91 Å². The maximum atomic E-state index is 13.1. The Kier molecular flexibility index (Phi) is 5.82. The van der Waals surface area contributed by atoms with Gasteiger partial charge in [-0.15, -0.1) is 0 Å². The number of rotatable bonds is 5. The minimum Gasteiger partial charge on any atom is -0.348 e. The van der Waals surface area contributed by atoms with E-state index < -0.39 is 0 Å². The zero-order valence-corrected chi connectivity index (χ0v) is 17.8. The van der Waals surface area contributed by atoms with Crippen molar-refractivity contribution in [1.82, 2.24) is 10.3 Å². The van der Waals surface area contributed by atoms with Crippen LogP contribution in [0.5, 0.6) is 0 Å². The molecule has 0 saturated heterocycles. The number of hydrogen-bond acceptors (Lipinski definition) is 2. The van der Waals surface area contributed by atoms with E-state index in [2.05, 4.69) is 36.5 Å². The maximum absolute atomic E-state index is 13.1. The molecule has 0 bridgehead atoms. The minimum atomic E-state index is -0.126. The van der Waals surface area contributed by atoms with Crippen molar-refractivity contribution in [3.8, 4) is 11.3 Å². The lowest BCUT2D eigenvalue weighted by Crippen LogP contribution is -2.23. The highest BCUT2D eigenvalue weighted by molar-refractivity contribution is 6.32. The van der Waals surface area contributed by atoms with Crippen LogP contribution >= 0.6 is 11.6 Å². The van der Waals surface area contributed by atoms with Gasteiger partial charge in [-0.2, -0.15) is 0 Å². The molecule has 0 aliphatic rings. The maximum Gasteiger partial charge on any atom is 0.252 e. The van der Waals surface area contributed by atoms with Crippen LogP contribution in [0.1, 0.15) is 34.0 Å². The van der Waals surface area contributed by atoms with E-state index in [1.807, 2.05) is 55.5 Å². The summed E-state index contributed by atoms with van der Waals surface area (Å²) in [4.78, 5) is 18.0. The van der Waals surface area contributed by atoms with Crippen molar-refractivity contribution in [2.45, 2.75) is 26.8 Å². The lowest BCUT2D eigenvalue weighted by molar-refractivity contribution is 0.0952. The second-order valence-corrected chi connectivity index (χ2v) is 7.75. The fraction of sp³-hybridized carbons (Fsp3) is 0.154. The number of fused-ring (bicyclic) bond motifs is 1. The monoisotopic (exact) mass is 414 g/mol. The zero-order valence-electron chi connectivity index (χ0n) is 17.1. The first-order chi connectivity index (χ1) is 14.6. The van der Waals surface area contributed by atoms with Crippen molar-refractivity contribution in [2.24, 2.45) is 0 Å².